The van der Waals surface area contributed by atoms with Crippen LogP contribution in [0.1, 0.15) is 370 Å². The van der Waals surface area contributed by atoms with Crippen LogP contribution in [0.15, 0.2) is 0 Å². The SMILES string of the molecule is CCC(C)CCCCCCCCCCCCC(=O)OC[C@H](COP(=O)(O)OCC(O)COP(=O)(O)OC[C@@H](COC(=O)CCCCCCCCCCC(C)C)OC(=O)CCCCCCCCC(C)C)OC(=O)CCCCCCCCCCCCCCCCCCC(C)C. The maximum absolute atomic E-state index is 13.1. The Morgan fingerprint density at radius 1 is 0.301 bits per heavy atom. The lowest BCUT2D eigenvalue weighted by atomic mass is 9.99. The summed E-state index contributed by atoms with van der Waals surface area (Å²) in [5, 5.41) is 10.6. The van der Waals surface area contributed by atoms with Crippen molar-refractivity contribution in [2.45, 2.75) is 388 Å². The van der Waals surface area contributed by atoms with Gasteiger partial charge < -0.3 is 33.8 Å². The molecule has 0 aliphatic heterocycles. The van der Waals surface area contributed by atoms with Crippen molar-refractivity contribution in [3.63, 3.8) is 0 Å². The molecule has 6 atom stereocenters. The topological polar surface area (TPSA) is 237 Å². The van der Waals surface area contributed by atoms with Crippen LogP contribution in [0.3, 0.4) is 0 Å². The fourth-order valence-corrected chi connectivity index (χ4v) is 12.7. The van der Waals surface area contributed by atoms with Gasteiger partial charge in [0.1, 0.15) is 19.3 Å². The molecule has 552 valence electrons. The largest absolute Gasteiger partial charge is 0.472 e. The fourth-order valence-electron chi connectivity index (χ4n) is 11.2. The summed E-state index contributed by atoms with van der Waals surface area (Å²) in [4.78, 5) is 72.6. The maximum atomic E-state index is 13.1. The third-order valence-electron chi connectivity index (χ3n) is 17.4. The summed E-state index contributed by atoms with van der Waals surface area (Å²) >= 11 is 0. The van der Waals surface area contributed by atoms with Crippen molar-refractivity contribution >= 4 is 39.5 Å². The summed E-state index contributed by atoms with van der Waals surface area (Å²) in [5.74, 6) is 0.886. The molecule has 0 saturated heterocycles. The minimum atomic E-state index is -4.96. The number of rotatable bonds is 71. The van der Waals surface area contributed by atoms with Crippen LogP contribution in [0.5, 0.6) is 0 Å². The highest BCUT2D eigenvalue weighted by Crippen LogP contribution is 2.45. The Kier molecular flexibility index (Phi) is 62.2. The van der Waals surface area contributed by atoms with Crippen molar-refractivity contribution in [1.29, 1.82) is 0 Å². The van der Waals surface area contributed by atoms with E-state index in [0.29, 0.717) is 31.6 Å². The molecule has 17 nitrogen and oxygen atoms in total. The molecule has 0 aliphatic rings. The Balaban J connectivity index is 5.22. The molecular formula is C74H144O17P2. The molecule has 19 heteroatoms. The lowest BCUT2D eigenvalue weighted by Gasteiger charge is -2.21. The number of hydrogen-bond donors (Lipinski definition) is 3. The van der Waals surface area contributed by atoms with Gasteiger partial charge in [0.15, 0.2) is 12.2 Å². The number of phosphoric acid groups is 2. The summed E-state index contributed by atoms with van der Waals surface area (Å²) in [5.41, 5.74) is 0. The number of unbranched alkanes of at least 4 members (excludes halogenated alkanes) is 36. The van der Waals surface area contributed by atoms with Gasteiger partial charge in [-0.2, -0.15) is 0 Å². The lowest BCUT2D eigenvalue weighted by molar-refractivity contribution is -0.161. The first kappa shape index (κ1) is 91.1. The first-order valence-electron chi connectivity index (χ1n) is 38.2. The van der Waals surface area contributed by atoms with Crippen molar-refractivity contribution in [2.75, 3.05) is 39.6 Å². The van der Waals surface area contributed by atoms with E-state index in [9.17, 15) is 43.2 Å². The van der Waals surface area contributed by atoms with Gasteiger partial charge in [-0.1, -0.05) is 319 Å². The molecule has 0 aromatic rings. The zero-order chi connectivity index (χ0) is 68.9. The second-order valence-electron chi connectivity index (χ2n) is 28.4. The quantitative estimate of drug-likeness (QED) is 0.0222. The standard InChI is InChI=1S/C74H144O17P2/c1-9-67(8)53-45-37-28-21-18-19-22-29-38-46-54-71(76)84-60-69(90-73(78)56-48-40-31-23-17-15-13-11-10-12-14-16-20-26-34-42-50-64(2)3)62-88-92(80,81)86-58-68(75)59-87-93(82,83)89-63-70(91-74(79)57-49-41-33-32-36-44-52-66(6)7)61-85-72(77)55-47-39-30-25-24-27-35-43-51-65(4)5/h64-70,75H,9-63H2,1-8H3,(H,80,81)(H,82,83)/t67?,68?,69-,70-/m1/s1. The minimum Gasteiger partial charge on any atom is -0.462 e. The first-order valence-corrected chi connectivity index (χ1v) is 41.2. The normalized spacial score (nSPS) is 14.5. The number of esters is 4. The highest BCUT2D eigenvalue weighted by Gasteiger charge is 2.30. The molecule has 0 aromatic heterocycles. The second kappa shape index (κ2) is 63.5. The van der Waals surface area contributed by atoms with Crippen LogP contribution in [-0.2, 0) is 65.4 Å². The van der Waals surface area contributed by atoms with E-state index in [-0.39, 0.29) is 25.7 Å². The van der Waals surface area contributed by atoms with Crippen LogP contribution >= 0.6 is 15.6 Å². The molecule has 93 heavy (non-hydrogen) atoms. The van der Waals surface area contributed by atoms with Gasteiger partial charge in [-0.05, 0) is 49.4 Å². The monoisotopic (exact) mass is 1370 g/mol. The predicted octanol–water partition coefficient (Wildman–Crippen LogP) is 21.3. The third-order valence-corrected chi connectivity index (χ3v) is 19.3. The number of aliphatic hydroxyl groups is 1. The zero-order valence-electron chi connectivity index (χ0n) is 60.9. The Morgan fingerprint density at radius 2 is 0.516 bits per heavy atom. The molecule has 0 bridgehead atoms. The van der Waals surface area contributed by atoms with Gasteiger partial charge in [0.25, 0.3) is 0 Å². The van der Waals surface area contributed by atoms with E-state index in [4.69, 9.17) is 37.0 Å². The van der Waals surface area contributed by atoms with Crippen LogP contribution in [0.4, 0.5) is 0 Å². The molecule has 0 heterocycles. The average Bonchev–Trinajstić information content (AvgIpc) is 1.61. The summed E-state index contributed by atoms with van der Waals surface area (Å²) in [6.07, 6.45) is 47.4. The summed E-state index contributed by atoms with van der Waals surface area (Å²) in [7, 11) is -9.91. The highest BCUT2D eigenvalue weighted by molar-refractivity contribution is 7.47. The maximum Gasteiger partial charge on any atom is 0.472 e. The van der Waals surface area contributed by atoms with Crippen molar-refractivity contribution in [3.8, 4) is 0 Å². The van der Waals surface area contributed by atoms with E-state index in [1.165, 1.54) is 173 Å². The minimum absolute atomic E-state index is 0.101. The number of aliphatic hydroxyl groups excluding tert-OH is 1. The summed E-state index contributed by atoms with van der Waals surface area (Å²) in [6, 6.07) is 0. The van der Waals surface area contributed by atoms with Crippen molar-refractivity contribution in [2.24, 2.45) is 23.7 Å². The highest BCUT2D eigenvalue weighted by atomic mass is 31.2. The van der Waals surface area contributed by atoms with Gasteiger partial charge in [-0.15, -0.1) is 0 Å². The van der Waals surface area contributed by atoms with Gasteiger partial charge in [0, 0.05) is 25.7 Å². The van der Waals surface area contributed by atoms with Crippen LogP contribution < -0.4 is 0 Å². The lowest BCUT2D eigenvalue weighted by Crippen LogP contribution is -2.30. The van der Waals surface area contributed by atoms with Gasteiger partial charge in [0.05, 0.1) is 26.4 Å². The van der Waals surface area contributed by atoms with Gasteiger partial charge >= 0.3 is 39.5 Å². The van der Waals surface area contributed by atoms with Gasteiger partial charge in [-0.25, -0.2) is 9.13 Å². The second-order valence-corrected chi connectivity index (χ2v) is 31.3. The Hall–Kier alpha value is -1.94. The number of carbonyl (C=O) groups is 4. The van der Waals surface area contributed by atoms with E-state index < -0.39 is 97.5 Å². The number of ether oxygens (including phenoxy) is 4. The van der Waals surface area contributed by atoms with Crippen LogP contribution in [0.2, 0.25) is 0 Å². The van der Waals surface area contributed by atoms with Crippen LogP contribution in [0, 0.1) is 23.7 Å². The number of phosphoric ester groups is 2. The smallest absolute Gasteiger partial charge is 0.462 e. The molecule has 0 rings (SSSR count). The van der Waals surface area contributed by atoms with Crippen LogP contribution in [0.25, 0.3) is 0 Å². The van der Waals surface area contributed by atoms with E-state index in [2.05, 4.69) is 55.4 Å². The van der Waals surface area contributed by atoms with Gasteiger partial charge in [-0.3, -0.25) is 37.3 Å². The number of hydrogen-bond acceptors (Lipinski definition) is 15. The molecule has 0 spiro atoms. The third kappa shape index (κ3) is 67.0. The Labute approximate surface area is 568 Å². The van der Waals surface area contributed by atoms with Crippen LogP contribution in [-0.4, -0.2) is 96.7 Å². The Bertz CT molecular complexity index is 1840. The summed E-state index contributed by atoms with van der Waals surface area (Å²) in [6.45, 7) is 14.1. The zero-order valence-corrected chi connectivity index (χ0v) is 62.7. The predicted molar refractivity (Wildman–Crippen MR) is 377 cm³/mol. The molecular weight excluding hydrogens is 1220 g/mol. The summed E-state index contributed by atoms with van der Waals surface area (Å²) < 4.78 is 68.4. The molecule has 4 unspecified atom stereocenters. The molecule has 0 radical (unpaired) electrons. The molecule has 0 fully saturated rings. The molecule has 0 saturated carbocycles. The molecule has 0 amide bonds. The fraction of sp³-hybridized carbons (Fsp3) is 0.946. The van der Waals surface area contributed by atoms with Crippen molar-refractivity contribution in [1.82, 2.24) is 0 Å². The van der Waals surface area contributed by atoms with E-state index in [1.54, 1.807) is 0 Å². The van der Waals surface area contributed by atoms with E-state index in [1.807, 2.05) is 0 Å². The van der Waals surface area contributed by atoms with E-state index in [0.717, 1.165) is 108 Å². The number of carbonyl (C=O) groups excluding carboxylic acids is 4. The molecule has 0 aromatic carbocycles. The Morgan fingerprint density at radius 3 is 0.763 bits per heavy atom. The van der Waals surface area contributed by atoms with E-state index >= 15 is 0 Å². The molecule has 0 aliphatic carbocycles. The first-order chi connectivity index (χ1) is 44.6. The van der Waals surface area contributed by atoms with Crippen molar-refractivity contribution in [3.05, 3.63) is 0 Å². The average molecular weight is 1370 g/mol. The molecule has 3 N–H and O–H groups in total. The van der Waals surface area contributed by atoms with Crippen molar-refractivity contribution < 1.29 is 80.2 Å². The van der Waals surface area contributed by atoms with Gasteiger partial charge in [0.2, 0.25) is 0 Å².